The van der Waals surface area contributed by atoms with Crippen molar-refractivity contribution in [3.05, 3.63) is 23.3 Å². The summed E-state index contributed by atoms with van der Waals surface area (Å²) in [6.45, 7) is 9.24. The fourth-order valence-corrected chi connectivity index (χ4v) is 6.67. The van der Waals surface area contributed by atoms with Crippen LogP contribution in [-0.4, -0.2) is 37.1 Å². The summed E-state index contributed by atoms with van der Waals surface area (Å²) in [5, 5.41) is 10.00. The molecular formula is C28H48O3. The third-order valence-corrected chi connectivity index (χ3v) is 9.44. The zero-order valence-corrected chi connectivity index (χ0v) is 21.1. The second kappa shape index (κ2) is 10.5. The fraction of sp³-hybridized carbons (Fsp3) is 0.857. The van der Waals surface area contributed by atoms with E-state index >= 15 is 0 Å². The second-order valence-electron chi connectivity index (χ2n) is 11.5. The van der Waals surface area contributed by atoms with Crippen molar-refractivity contribution in [2.45, 2.75) is 116 Å². The maximum Gasteiger partial charge on any atom is 0.0649 e. The van der Waals surface area contributed by atoms with Crippen molar-refractivity contribution in [3.8, 4) is 0 Å². The van der Waals surface area contributed by atoms with Crippen LogP contribution in [0.3, 0.4) is 0 Å². The number of aliphatic hydroxyl groups is 1. The van der Waals surface area contributed by atoms with Crippen molar-refractivity contribution in [1.82, 2.24) is 0 Å². The quantitative estimate of drug-likeness (QED) is 0.456. The molecule has 0 aliphatic heterocycles. The number of hydrogen-bond acceptors (Lipinski definition) is 3. The summed E-state index contributed by atoms with van der Waals surface area (Å²) in [4.78, 5) is 0. The van der Waals surface area contributed by atoms with Gasteiger partial charge in [0.25, 0.3) is 0 Å². The Kier molecular flexibility index (Phi) is 8.49. The van der Waals surface area contributed by atoms with Crippen LogP contribution < -0.4 is 0 Å². The molecule has 0 saturated heterocycles. The van der Waals surface area contributed by atoms with Crippen molar-refractivity contribution in [2.75, 3.05) is 14.2 Å². The molecule has 0 aromatic rings. The van der Waals surface area contributed by atoms with Gasteiger partial charge in [-0.3, -0.25) is 0 Å². The first kappa shape index (κ1) is 25.0. The van der Waals surface area contributed by atoms with Gasteiger partial charge in [-0.25, -0.2) is 0 Å². The second-order valence-corrected chi connectivity index (χ2v) is 11.5. The molecule has 6 unspecified atom stereocenters. The number of aliphatic hydroxyl groups excluding tert-OH is 1. The highest BCUT2D eigenvalue weighted by Gasteiger charge is 2.49. The van der Waals surface area contributed by atoms with Crippen LogP contribution in [0, 0.1) is 23.2 Å². The van der Waals surface area contributed by atoms with E-state index in [0.717, 1.165) is 43.9 Å². The summed E-state index contributed by atoms with van der Waals surface area (Å²) in [6, 6.07) is 0. The summed E-state index contributed by atoms with van der Waals surface area (Å²) < 4.78 is 11.7. The number of hydrogen-bond donors (Lipinski definition) is 1. The monoisotopic (exact) mass is 432 g/mol. The van der Waals surface area contributed by atoms with Gasteiger partial charge in [0.1, 0.15) is 0 Å². The fourth-order valence-electron chi connectivity index (χ4n) is 6.67. The first-order valence-electron chi connectivity index (χ1n) is 12.8. The van der Waals surface area contributed by atoms with Gasteiger partial charge in [0.15, 0.2) is 0 Å². The summed E-state index contributed by atoms with van der Waals surface area (Å²) in [5.74, 6) is 1.93. The van der Waals surface area contributed by atoms with Gasteiger partial charge >= 0.3 is 0 Å². The predicted molar refractivity (Wildman–Crippen MR) is 129 cm³/mol. The van der Waals surface area contributed by atoms with Crippen LogP contribution in [0.5, 0.6) is 0 Å². The highest BCUT2D eigenvalue weighted by molar-refractivity contribution is 5.25. The number of allylic oxidation sites excluding steroid dienone is 3. The average molecular weight is 433 g/mol. The lowest BCUT2D eigenvalue weighted by atomic mass is 9.62. The van der Waals surface area contributed by atoms with Gasteiger partial charge in [-0.05, 0) is 108 Å². The van der Waals surface area contributed by atoms with Crippen molar-refractivity contribution >= 4 is 0 Å². The molecule has 3 aliphatic rings. The van der Waals surface area contributed by atoms with Gasteiger partial charge in [-0.1, -0.05) is 37.1 Å². The molecular weight excluding hydrogens is 384 g/mol. The maximum absolute atomic E-state index is 10.00. The highest BCUT2D eigenvalue weighted by Crippen LogP contribution is 2.59. The first-order chi connectivity index (χ1) is 14.7. The third kappa shape index (κ3) is 5.84. The molecule has 3 saturated carbocycles. The van der Waals surface area contributed by atoms with Crippen molar-refractivity contribution in [3.63, 3.8) is 0 Å². The van der Waals surface area contributed by atoms with Gasteiger partial charge < -0.3 is 14.6 Å². The Morgan fingerprint density at radius 3 is 2.58 bits per heavy atom. The third-order valence-electron chi connectivity index (χ3n) is 9.44. The molecule has 0 radical (unpaired) electrons. The Labute approximate surface area is 191 Å². The molecule has 0 aromatic carbocycles. The van der Waals surface area contributed by atoms with Crippen LogP contribution in [0.4, 0.5) is 0 Å². The Hall–Kier alpha value is -0.640. The van der Waals surface area contributed by atoms with Crippen molar-refractivity contribution in [2.24, 2.45) is 23.2 Å². The number of rotatable bonds is 8. The molecule has 0 amide bonds. The van der Waals surface area contributed by atoms with E-state index in [-0.39, 0.29) is 11.7 Å². The molecule has 3 rings (SSSR count). The van der Waals surface area contributed by atoms with Crippen LogP contribution in [0.1, 0.15) is 98.3 Å². The highest BCUT2D eigenvalue weighted by atomic mass is 16.5. The van der Waals surface area contributed by atoms with E-state index in [4.69, 9.17) is 9.47 Å². The summed E-state index contributed by atoms with van der Waals surface area (Å²) in [7, 11) is 3.71. The topological polar surface area (TPSA) is 38.7 Å². The molecule has 3 fully saturated rings. The summed E-state index contributed by atoms with van der Waals surface area (Å²) in [6.07, 6.45) is 18.0. The summed E-state index contributed by atoms with van der Waals surface area (Å²) >= 11 is 0. The molecule has 3 heteroatoms. The Morgan fingerprint density at radius 2 is 1.90 bits per heavy atom. The molecule has 0 heterocycles. The van der Waals surface area contributed by atoms with Crippen LogP contribution in [0.25, 0.3) is 0 Å². The van der Waals surface area contributed by atoms with Gasteiger partial charge in [0, 0.05) is 14.2 Å². The molecule has 178 valence electrons. The minimum Gasteiger partial charge on any atom is -0.393 e. The zero-order valence-electron chi connectivity index (χ0n) is 21.1. The SMILES string of the molecule is COC(CC(C)C(C)(C)OC)CC1CCC2/C(=C/C=C3/CCCC(O)C3)CCCC12C. The van der Waals surface area contributed by atoms with Crippen LogP contribution >= 0.6 is 0 Å². The maximum atomic E-state index is 10.00. The normalized spacial score (nSPS) is 36.5. The Morgan fingerprint density at radius 1 is 1.13 bits per heavy atom. The minimum atomic E-state index is -0.123. The molecule has 1 N–H and O–H groups in total. The number of methoxy groups -OCH3 is 2. The van der Waals surface area contributed by atoms with Gasteiger partial charge in [0.05, 0.1) is 17.8 Å². The van der Waals surface area contributed by atoms with Crippen LogP contribution in [0.2, 0.25) is 0 Å². The molecule has 0 aromatic heterocycles. The largest absolute Gasteiger partial charge is 0.393 e. The van der Waals surface area contributed by atoms with Crippen LogP contribution in [-0.2, 0) is 9.47 Å². The number of fused-ring (bicyclic) bond motifs is 1. The first-order valence-corrected chi connectivity index (χ1v) is 12.8. The Bertz CT molecular complexity index is 649. The lowest BCUT2D eigenvalue weighted by Crippen LogP contribution is -2.37. The van der Waals surface area contributed by atoms with Gasteiger partial charge in [-0.2, -0.15) is 0 Å². The predicted octanol–water partition coefficient (Wildman–Crippen LogP) is 6.85. The molecule has 31 heavy (non-hydrogen) atoms. The van der Waals surface area contributed by atoms with E-state index in [1.807, 2.05) is 14.2 Å². The molecule has 3 nitrogen and oxygen atoms in total. The van der Waals surface area contributed by atoms with E-state index in [9.17, 15) is 5.11 Å². The van der Waals surface area contributed by atoms with Crippen molar-refractivity contribution < 1.29 is 14.6 Å². The number of ether oxygens (including phenoxy) is 2. The van der Waals surface area contributed by atoms with Crippen LogP contribution in [0.15, 0.2) is 23.3 Å². The standard InChI is InChI=1S/C28H48O3/c1-20(27(2,3)31-6)17-25(30-5)19-23-14-15-26-22(10-8-16-28(23,26)4)13-12-21-9-7-11-24(29)18-21/h12-13,20,23-26,29H,7-11,14-19H2,1-6H3/b21-12-,22-13+. The van der Waals surface area contributed by atoms with E-state index in [1.54, 1.807) is 5.57 Å². The lowest BCUT2D eigenvalue weighted by Gasteiger charge is -2.43. The van der Waals surface area contributed by atoms with E-state index < -0.39 is 0 Å². The van der Waals surface area contributed by atoms with E-state index in [1.165, 1.54) is 44.1 Å². The molecule has 6 atom stereocenters. The van der Waals surface area contributed by atoms with Crippen molar-refractivity contribution in [1.29, 1.82) is 0 Å². The van der Waals surface area contributed by atoms with Gasteiger partial charge in [0.2, 0.25) is 0 Å². The lowest BCUT2D eigenvalue weighted by molar-refractivity contribution is -0.0487. The zero-order chi connectivity index (χ0) is 22.6. The molecule has 3 aliphatic carbocycles. The minimum absolute atomic E-state index is 0.111. The smallest absolute Gasteiger partial charge is 0.0649 e. The van der Waals surface area contributed by atoms with Gasteiger partial charge in [-0.15, -0.1) is 0 Å². The van der Waals surface area contributed by atoms with E-state index in [2.05, 4.69) is 39.8 Å². The Balaban J connectivity index is 1.67. The summed E-state index contributed by atoms with van der Waals surface area (Å²) in [5.41, 5.74) is 3.42. The molecule has 0 bridgehead atoms. The average Bonchev–Trinajstić information content (AvgIpc) is 3.08. The molecule has 0 spiro atoms. The van der Waals surface area contributed by atoms with E-state index in [0.29, 0.717) is 17.4 Å².